The molecule has 0 unspecified atom stereocenters. The molecule has 2 aromatic heterocycles. The van der Waals surface area contributed by atoms with E-state index in [1.807, 2.05) is 24.3 Å². The van der Waals surface area contributed by atoms with Gasteiger partial charge in [0.1, 0.15) is 5.15 Å². The molecule has 2 nitrogen and oxygen atoms in total. The van der Waals surface area contributed by atoms with Gasteiger partial charge in [-0.2, -0.15) is 0 Å². The fraction of sp³-hybridized carbons (Fsp3) is 0.167. The van der Waals surface area contributed by atoms with E-state index in [0.29, 0.717) is 5.15 Å². The molecule has 0 aliphatic rings. The van der Waals surface area contributed by atoms with E-state index in [0.717, 1.165) is 23.2 Å². The van der Waals surface area contributed by atoms with Crippen LogP contribution >= 0.6 is 11.6 Å². The standard InChI is InChI=1S/C12H11ClN2/c1-2-10-8-9(5-7-14-10)11-4-3-6-15-12(11)13/h3-8H,2H2,1H3. The smallest absolute Gasteiger partial charge is 0.136 e. The predicted molar refractivity (Wildman–Crippen MR) is 61.9 cm³/mol. The Hall–Kier alpha value is -1.41. The maximum absolute atomic E-state index is 6.02. The quantitative estimate of drug-likeness (QED) is 0.723. The molecule has 2 heterocycles. The zero-order valence-corrected chi connectivity index (χ0v) is 9.20. The molecule has 0 bridgehead atoms. The van der Waals surface area contributed by atoms with Crippen LogP contribution in [0.25, 0.3) is 11.1 Å². The molecule has 0 saturated carbocycles. The summed E-state index contributed by atoms with van der Waals surface area (Å²) in [5.74, 6) is 0. The second kappa shape index (κ2) is 4.41. The molecule has 15 heavy (non-hydrogen) atoms. The van der Waals surface area contributed by atoms with E-state index in [2.05, 4.69) is 16.9 Å². The molecule has 0 saturated heterocycles. The van der Waals surface area contributed by atoms with E-state index >= 15 is 0 Å². The van der Waals surface area contributed by atoms with Gasteiger partial charge in [0.15, 0.2) is 0 Å². The zero-order valence-electron chi connectivity index (χ0n) is 8.44. The van der Waals surface area contributed by atoms with Crippen molar-refractivity contribution < 1.29 is 0 Å². The Morgan fingerprint density at radius 2 is 2.07 bits per heavy atom. The minimum atomic E-state index is 0.533. The third kappa shape index (κ3) is 2.16. The molecule has 0 radical (unpaired) electrons. The number of nitrogens with zero attached hydrogens (tertiary/aromatic N) is 2. The summed E-state index contributed by atoms with van der Waals surface area (Å²) in [4.78, 5) is 8.31. The van der Waals surface area contributed by atoms with Gasteiger partial charge in [0.2, 0.25) is 0 Å². The van der Waals surface area contributed by atoms with Crippen LogP contribution in [0.3, 0.4) is 0 Å². The molecule has 0 fully saturated rings. The zero-order chi connectivity index (χ0) is 10.7. The average molecular weight is 219 g/mol. The fourth-order valence-electron chi connectivity index (χ4n) is 1.44. The maximum atomic E-state index is 6.02. The SMILES string of the molecule is CCc1cc(-c2cccnc2Cl)ccn1. The van der Waals surface area contributed by atoms with Gasteiger partial charge in [-0.3, -0.25) is 4.98 Å². The first-order chi connectivity index (χ1) is 7.31. The fourth-order valence-corrected chi connectivity index (χ4v) is 1.67. The van der Waals surface area contributed by atoms with Gasteiger partial charge in [-0.15, -0.1) is 0 Å². The molecule has 3 heteroatoms. The predicted octanol–water partition coefficient (Wildman–Crippen LogP) is 3.36. The summed E-state index contributed by atoms with van der Waals surface area (Å²) >= 11 is 6.02. The van der Waals surface area contributed by atoms with Crippen LogP contribution < -0.4 is 0 Å². The largest absolute Gasteiger partial charge is 0.261 e. The van der Waals surface area contributed by atoms with Crippen LogP contribution in [0.5, 0.6) is 0 Å². The molecule has 2 aromatic rings. The molecule has 0 aromatic carbocycles. The highest BCUT2D eigenvalue weighted by molar-refractivity contribution is 6.32. The Kier molecular flexibility index (Phi) is 2.97. The van der Waals surface area contributed by atoms with Gasteiger partial charge in [-0.25, -0.2) is 4.98 Å². The van der Waals surface area contributed by atoms with Gasteiger partial charge in [0.25, 0.3) is 0 Å². The molecule has 2 rings (SSSR count). The Balaban J connectivity index is 2.49. The van der Waals surface area contributed by atoms with Crippen molar-refractivity contribution >= 4 is 11.6 Å². The van der Waals surface area contributed by atoms with Crippen LogP contribution in [-0.4, -0.2) is 9.97 Å². The van der Waals surface area contributed by atoms with E-state index in [1.54, 1.807) is 12.4 Å². The Bertz CT molecular complexity index is 469. The Labute approximate surface area is 94.0 Å². The Morgan fingerprint density at radius 1 is 1.20 bits per heavy atom. The lowest BCUT2D eigenvalue weighted by molar-refractivity contribution is 1.04. The van der Waals surface area contributed by atoms with Crippen LogP contribution in [0.4, 0.5) is 0 Å². The average Bonchev–Trinajstić information content (AvgIpc) is 2.30. The van der Waals surface area contributed by atoms with Crippen molar-refractivity contribution in [2.75, 3.05) is 0 Å². The molecule has 0 aliphatic heterocycles. The van der Waals surface area contributed by atoms with Gasteiger partial charge in [-0.1, -0.05) is 18.5 Å². The molecule has 0 N–H and O–H groups in total. The van der Waals surface area contributed by atoms with Gasteiger partial charge in [-0.05, 0) is 36.2 Å². The van der Waals surface area contributed by atoms with Crippen molar-refractivity contribution in [1.29, 1.82) is 0 Å². The lowest BCUT2D eigenvalue weighted by Crippen LogP contribution is -1.88. The van der Waals surface area contributed by atoms with Gasteiger partial charge in [0.05, 0.1) is 0 Å². The van der Waals surface area contributed by atoms with Gasteiger partial charge >= 0.3 is 0 Å². The van der Waals surface area contributed by atoms with Crippen molar-refractivity contribution in [3.8, 4) is 11.1 Å². The number of halogens is 1. The number of hydrogen-bond acceptors (Lipinski definition) is 2. The number of aryl methyl sites for hydroxylation is 1. The minimum Gasteiger partial charge on any atom is -0.261 e. The lowest BCUT2D eigenvalue weighted by atomic mass is 10.1. The van der Waals surface area contributed by atoms with Gasteiger partial charge < -0.3 is 0 Å². The number of hydrogen-bond donors (Lipinski definition) is 0. The maximum Gasteiger partial charge on any atom is 0.136 e. The highest BCUT2D eigenvalue weighted by atomic mass is 35.5. The number of pyridine rings is 2. The first kappa shape index (κ1) is 10.1. The van der Waals surface area contributed by atoms with E-state index in [4.69, 9.17) is 11.6 Å². The van der Waals surface area contributed by atoms with Crippen molar-refractivity contribution in [2.24, 2.45) is 0 Å². The van der Waals surface area contributed by atoms with Crippen molar-refractivity contribution in [3.05, 3.63) is 47.5 Å². The van der Waals surface area contributed by atoms with Crippen molar-refractivity contribution in [2.45, 2.75) is 13.3 Å². The molecule has 0 atom stereocenters. The van der Waals surface area contributed by atoms with Crippen LogP contribution in [0.15, 0.2) is 36.7 Å². The molecular weight excluding hydrogens is 208 g/mol. The summed E-state index contributed by atoms with van der Waals surface area (Å²) in [5, 5.41) is 0.533. The summed E-state index contributed by atoms with van der Waals surface area (Å²) in [6.45, 7) is 2.08. The second-order valence-electron chi connectivity index (χ2n) is 3.23. The highest BCUT2D eigenvalue weighted by Crippen LogP contribution is 2.25. The van der Waals surface area contributed by atoms with E-state index < -0.39 is 0 Å². The minimum absolute atomic E-state index is 0.533. The van der Waals surface area contributed by atoms with Crippen molar-refractivity contribution in [3.63, 3.8) is 0 Å². The third-order valence-electron chi connectivity index (χ3n) is 2.25. The summed E-state index contributed by atoms with van der Waals surface area (Å²) in [7, 11) is 0. The normalized spacial score (nSPS) is 10.3. The molecular formula is C12H11ClN2. The molecule has 0 amide bonds. The van der Waals surface area contributed by atoms with Crippen LogP contribution in [0, 0.1) is 0 Å². The number of rotatable bonds is 2. The van der Waals surface area contributed by atoms with Crippen molar-refractivity contribution in [1.82, 2.24) is 9.97 Å². The van der Waals surface area contributed by atoms with E-state index in [1.165, 1.54) is 0 Å². The monoisotopic (exact) mass is 218 g/mol. The molecule has 76 valence electrons. The van der Waals surface area contributed by atoms with E-state index in [-0.39, 0.29) is 0 Å². The summed E-state index contributed by atoms with van der Waals surface area (Å²) in [5.41, 5.74) is 3.09. The first-order valence-electron chi connectivity index (χ1n) is 4.87. The second-order valence-corrected chi connectivity index (χ2v) is 3.59. The first-order valence-corrected chi connectivity index (χ1v) is 5.25. The lowest BCUT2D eigenvalue weighted by Gasteiger charge is -2.04. The number of aromatic nitrogens is 2. The summed E-state index contributed by atoms with van der Waals surface area (Å²) in [6, 6.07) is 7.84. The highest BCUT2D eigenvalue weighted by Gasteiger charge is 2.03. The van der Waals surface area contributed by atoms with Crippen LogP contribution in [-0.2, 0) is 6.42 Å². The molecule has 0 aliphatic carbocycles. The summed E-state index contributed by atoms with van der Waals surface area (Å²) < 4.78 is 0. The Morgan fingerprint density at radius 3 is 2.80 bits per heavy atom. The van der Waals surface area contributed by atoms with Crippen LogP contribution in [0.1, 0.15) is 12.6 Å². The van der Waals surface area contributed by atoms with Crippen LogP contribution in [0.2, 0.25) is 5.15 Å². The topological polar surface area (TPSA) is 25.8 Å². The van der Waals surface area contributed by atoms with Gasteiger partial charge in [0, 0.05) is 23.7 Å². The molecule has 0 spiro atoms. The summed E-state index contributed by atoms with van der Waals surface area (Å²) in [6.07, 6.45) is 4.41. The van der Waals surface area contributed by atoms with E-state index in [9.17, 15) is 0 Å². The third-order valence-corrected chi connectivity index (χ3v) is 2.55.